The van der Waals surface area contributed by atoms with E-state index in [2.05, 4.69) is 39.4 Å². The first-order chi connectivity index (χ1) is 8.25. The molecule has 0 amide bonds. The highest BCUT2D eigenvalue weighted by Crippen LogP contribution is 2.30. The van der Waals surface area contributed by atoms with Crippen molar-refractivity contribution in [3.05, 3.63) is 12.1 Å². The second-order valence-electron chi connectivity index (χ2n) is 3.97. The summed E-state index contributed by atoms with van der Waals surface area (Å²) < 4.78 is 5.30. The Labute approximate surface area is 98.8 Å². The maximum Gasteiger partial charge on any atom is 0.234 e. The quantitative estimate of drug-likeness (QED) is 0.797. The minimum Gasteiger partial charge on any atom is -0.338 e. The molecule has 0 fully saturated rings. The molecule has 3 N–H and O–H groups in total. The molecule has 0 saturated heterocycles. The monoisotopic (exact) mass is 236 g/mol. The van der Waals surface area contributed by atoms with Crippen molar-refractivity contribution >= 4 is 0 Å². The van der Waals surface area contributed by atoms with Gasteiger partial charge in [0.05, 0.1) is 11.6 Å². The standard InChI is InChI=1S/C10H16N6O/c1-3-10(4-2,6-11)9-13-8(15-17-9)7-5-12-16-14-7/h5H,3-4,6,11H2,1-2H3,(H,12,14,16). The van der Waals surface area contributed by atoms with Crippen LogP contribution in [-0.4, -0.2) is 32.1 Å². The van der Waals surface area contributed by atoms with Gasteiger partial charge in [-0.3, -0.25) is 0 Å². The summed E-state index contributed by atoms with van der Waals surface area (Å²) in [5.74, 6) is 1.01. The van der Waals surface area contributed by atoms with E-state index in [4.69, 9.17) is 10.3 Å². The van der Waals surface area contributed by atoms with Crippen molar-refractivity contribution in [2.24, 2.45) is 5.73 Å². The van der Waals surface area contributed by atoms with Gasteiger partial charge in [-0.15, -0.1) is 0 Å². The molecule has 0 aliphatic heterocycles. The lowest BCUT2D eigenvalue weighted by Crippen LogP contribution is -2.34. The molecular weight excluding hydrogens is 220 g/mol. The number of nitrogens with one attached hydrogen (secondary N) is 1. The number of H-pyrrole nitrogens is 1. The van der Waals surface area contributed by atoms with Crippen LogP contribution in [0.1, 0.15) is 32.6 Å². The van der Waals surface area contributed by atoms with Gasteiger partial charge in [0.1, 0.15) is 0 Å². The molecule has 2 aromatic heterocycles. The van der Waals surface area contributed by atoms with E-state index in [0.717, 1.165) is 12.8 Å². The fourth-order valence-electron chi connectivity index (χ4n) is 1.78. The maximum absolute atomic E-state index is 5.83. The Hall–Kier alpha value is -1.76. The van der Waals surface area contributed by atoms with Crippen molar-refractivity contribution in [2.45, 2.75) is 32.1 Å². The molecule has 92 valence electrons. The predicted molar refractivity (Wildman–Crippen MR) is 61.0 cm³/mol. The first-order valence-corrected chi connectivity index (χ1v) is 5.66. The van der Waals surface area contributed by atoms with Gasteiger partial charge in [-0.05, 0) is 12.8 Å². The Bertz CT molecular complexity index is 451. The molecule has 2 rings (SSSR count). The zero-order valence-electron chi connectivity index (χ0n) is 9.97. The molecule has 0 saturated carbocycles. The summed E-state index contributed by atoms with van der Waals surface area (Å²) in [6, 6.07) is 0. The first-order valence-electron chi connectivity index (χ1n) is 5.66. The summed E-state index contributed by atoms with van der Waals surface area (Å²) >= 11 is 0. The molecule has 0 aliphatic rings. The van der Waals surface area contributed by atoms with Crippen LogP contribution in [0, 0.1) is 0 Å². The fraction of sp³-hybridized carbons (Fsp3) is 0.600. The Balaban J connectivity index is 2.35. The molecule has 17 heavy (non-hydrogen) atoms. The van der Waals surface area contributed by atoms with Crippen LogP contribution in [0.25, 0.3) is 11.5 Å². The average Bonchev–Trinajstić information content (AvgIpc) is 3.03. The number of aromatic amines is 1. The highest BCUT2D eigenvalue weighted by Gasteiger charge is 2.33. The molecule has 0 unspecified atom stereocenters. The van der Waals surface area contributed by atoms with Crippen LogP contribution in [0.5, 0.6) is 0 Å². The minimum atomic E-state index is -0.241. The normalized spacial score (nSPS) is 11.9. The summed E-state index contributed by atoms with van der Waals surface area (Å²) in [5.41, 5.74) is 6.15. The maximum atomic E-state index is 5.83. The van der Waals surface area contributed by atoms with Gasteiger partial charge in [-0.25, -0.2) is 0 Å². The van der Waals surface area contributed by atoms with Crippen LogP contribution >= 0.6 is 0 Å². The molecule has 7 heteroatoms. The number of hydrogen-bond donors (Lipinski definition) is 2. The van der Waals surface area contributed by atoms with Crippen molar-refractivity contribution in [3.8, 4) is 11.5 Å². The van der Waals surface area contributed by atoms with E-state index < -0.39 is 0 Å². The van der Waals surface area contributed by atoms with E-state index in [1.807, 2.05) is 0 Å². The van der Waals surface area contributed by atoms with E-state index >= 15 is 0 Å². The third-order valence-corrected chi connectivity index (χ3v) is 3.27. The molecule has 0 radical (unpaired) electrons. The lowest BCUT2D eigenvalue weighted by atomic mass is 9.82. The SMILES string of the molecule is CCC(CC)(CN)c1nc(-c2cn[nH]n2)no1. The minimum absolute atomic E-state index is 0.241. The van der Waals surface area contributed by atoms with Gasteiger partial charge in [0, 0.05) is 6.54 Å². The van der Waals surface area contributed by atoms with Crippen molar-refractivity contribution in [1.82, 2.24) is 25.6 Å². The molecule has 0 spiro atoms. The van der Waals surface area contributed by atoms with Gasteiger partial charge in [0.15, 0.2) is 5.69 Å². The van der Waals surface area contributed by atoms with Gasteiger partial charge >= 0.3 is 0 Å². The van der Waals surface area contributed by atoms with Crippen LogP contribution < -0.4 is 5.73 Å². The molecule has 0 aliphatic carbocycles. The third kappa shape index (κ3) is 1.93. The zero-order chi connectivity index (χ0) is 12.3. The van der Waals surface area contributed by atoms with Crippen LogP contribution in [0.3, 0.4) is 0 Å². The zero-order valence-corrected chi connectivity index (χ0v) is 9.97. The van der Waals surface area contributed by atoms with Gasteiger partial charge < -0.3 is 10.3 Å². The van der Waals surface area contributed by atoms with Gasteiger partial charge in [0.25, 0.3) is 0 Å². The number of nitrogens with zero attached hydrogens (tertiary/aromatic N) is 4. The number of rotatable bonds is 5. The summed E-state index contributed by atoms with van der Waals surface area (Å²) in [7, 11) is 0. The van der Waals surface area contributed by atoms with E-state index in [9.17, 15) is 0 Å². The largest absolute Gasteiger partial charge is 0.338 e. The van der Waals surface area contributed by atoms with Crippen molar-refractivity contribution in [2.75, 3.05) is 6.54 Å². The Morgan fingerprint density at radius 2 is 2.18 bits per heavy atom. The van der Waals surface area contributed by atoms with Gasteiger partial charge in [0.2, 0.25) is 11.7 Å². The summed E-state index contributed by atoms with van der Waals surface area (Å²) in [6.45, 7) is 4.62. The lowest BCUT2D eigenvalue weighted by Gasteiger charge is -2.24. The fourth-order valence-corrected chi connectivity index (χ4v) is 1.78. The molecular formula is C10H16N6O. The van der Waals surface area contributed by atoms with Crippen LogP contribution in [0.4, 0.5) is 0 Å². The van der Waals surface area contributed by atoms with Crippen LogP contribution in [0.2, 0.25) is 0 Å². The molecule has 2 heterocycles. The topological polar surface area (TPSA) is 107 Å². The van der Waals surface area contributed by atoms with Crippen molar-refractivity contribution in [3.63, 3.8) is 0 Å². The van der Waals surface area contributed by atoms with E-state index in [1.54, 1.807) is 6.20 Å². The molecule has 0 atom stereocenters. The Morgan fingerprint density at radius 1 is 1.41 bits per heavy atom. The van der Waals surface area contributed by atoms with Gasteiger partial charge in [-0.2, -0.15) is 20.4 Å². The van der Waals surface area contributed by atoms with Crippen LogP contribution in [-0.2, 0) is 5.41 Å². The van der Waals surface area contributed by atoms with E-state index in [-0.39, 0.29) is 5.41 Å². The lowest BCUT2D eigenvalue weighted by molar-refractivity contribution is 0.267. The third-order valence-electron chi connectivity index (χ3n) is 3.27. The summed E-state index contributed by atoms with van der Waals surface area (Å²) in [6.07, 6.45) is 3.28. The average molecular weight is 236 g/mol. The van der Waals surface area contributed by atoms with Gasteiger partial charge in [-0.1, -0.05) is 19.0 Å². The van der Waals surface area contributed by atoms with E-state index in [0.29, 0.717) is 24.0 Å². The number of hydrogen-bond acceptors (Lipinski definition) is 6. The van der Waals surface area contributed by atoms with Crippen molar-refractivity contribution < 1.29 is 4.52 Å². The highest BCUT2D eigenvalue weighted by molar-refractivity contribution is 5.45. The molecule has 7 nitrogen and oxygen atoms in total. The number of nitrogens with two attached hydrogens (primary N) is 1. The van der Waals surface area contributed by atoms with Crippen LogP contribution in [0.15, 0.2) is 10.7 Å². The first kappa shape index (κ1) is 11.7. The smallest absolute Gasteiger partial charge is 0.234 e. The summed E-state index contributed by atoms with van der Waals surface area (Å²) in [5, 5.41) is 14.0. The van der Waals surface area contributed by atoms with E-state index in [1.165, 1.54) is 0 Å². The Morgan fingerprint density at radius 3 is 2.71 bits per heavy atom. The Kier molecular flexibility index (Phi) is 3.19. The predicted octanol–water partition coefficient (Wildman–Crippen LogP) is 0.871. The number of aromatic nitrogens is 5. The molecule has 0 bridgehead atoms. The van der Waals surface area contributed by atoms with Crippen molar-refractivity contribution in [1.29, 1.82) is 0 Å². The molecule has 2 aromatic rings. The highest BCUT2D eigenvalue weighted by atomic mass is 16.5. The second kappa shape index (κ2) is 4.62. The molecule has 0 aromatic carbocycles. The second-order valence-corrected chi connectivity index (χ2v) is 3.97. The summed E-state index contributed by atoms with van der Waals surface area (Å²) in [4.78, 5) is 4.36.